The zero-order chi connectivity index (χ0) is 18.4. The second kappa shape index (κ2) is 7.79. The van der Waals surface area contributed by atoms with Gasteiger partial charge in [0.15, 0.2) is 6.10 Å². The number of hydrogen-bond donors (Lipinski definition) is 2. The molecule has 0 aliphatic carbocycles. The Morgan fingerprint density at radius 1 is 1.04 bits per heavy atom. The topological polar surface area (TPSA) is 80.3 Å². The predicted molar refractivity (Wildman–Crippen MR) is 95.1 cm³/mol. The van der Waals surface area contributed by atoms with Crippen molar-refractivity contribution in [3.8, 4) is 5.75 Å². The zero-order valence-corrected chi connectivity index (χ0v) is 14.9. The van der Waals surface area contributed by atoms with Crippen LogP contribution in [0.15, 0.2) is 48.7 Å². The van der Waals surface area contributed by atoms with Crippen LogP contribution in [0.1, 0.15) is 43.7 Å². The van der Waals surface area contributed by atoms with E-state index in [0.29, 0.717) is 5.75 Å². The summed E-state index contributed by atoms with van der Waals surface area (Å²) in [4.78, 5) is 27.8. The van der Waals surface area contributed by atoms with E-state index < -0.39 is 17.9 Å². The molecule has 0 unspecified atom stereocenters. The molecule has 1 heterocycles. The van der Waals surface area contributed by atoms with E-state index in [0.717, 1.165) is 0 Å². The quantitative estimate of drug-likeness (QED) is 0.838. The number of hydrogen-bond acceptors (Lipinski definition) is 4. The highest BCUT2D eigenvalue weighted by Gasteiger charge is 2.17. The summed E-state index contributed by atoms with van der Waals surface area (Å²) in [6.45, 7) is 8.00. The molecular formula is C19H23N3O3. The average molecular weight is 341 g/mol. The molecule has 6 nitrogen and oxygen atoms in total. The van der Waals surface area contributed by atoms with Gasteiger partial charge in [0.25, 0.3) is 11.8 Å². The summed E-state index contributed by atoms with van der Waals surface area (Å²) in [5.41, 5.74) is 6.10. The Morgan fingerprint density at radius 3 is 2.28 bits per heavy atom. The highest BCUT2D eigenvalue weighted by Crippen LogP contribution is 2.24. The second-order valence-corrected chi connectivity index (χ2v) is 6.69. The third-order valence-corrected chi connectivity index (χ3v) is 3.60. The predicted octanol–water partition coefficient (Wildman–Crippen LogP) is 2.61. The summed E-state index contributed by atoms with van der Waals surface area (Å²) >= 11 is 0. The number of carbonyl (C=O) groups excluding carboxylic acids is 2. The van der Waals surface area contributed by atoms with Gasteiger partial charge in [-0.1, -0.05) is 39.0 Å². The van der Waals surface area contributed by atoms with Crippen molar-refractivity contribution < 1.29 is 14.3 Å². The monoisotopic (exact) mass is 341 g/mol. The van der Waals surface area contributed by atoms with Gasteiger partial charge in [-0.2, -0.15) is 0 Å². The Hall–Kier alpha value is -2.89. The van der Waals surface area contributed by atoms with E-state index in [1.54, 1.807) is 25.1 Å². The lowest BCUT2D eigenvalue weighted by Gasteiger charge is -2.20. The molecule has 0 radical (unpaired) electrons. The molecule has 2 N–H and O–H groups in total. The van der Waals surface area contributed by atoms with Gasteiger partial charge < -0.3 is 4.74 Å². The second-order valence-electron chi connectivity index (χ2n) is 6.69. The minimum Gasteiger partial charge on any atom is -0.481 e. The van der Waals surface area contributed by atoms with Gasteiger partial charge in [-0.15, -0.1) is 0 Å². The number of hydrazine groups is 1. The zero-order valence-electron chi connectivity index (χ0n) is 14.9. The van der Waals surface area contributed by atoms with Crippen LogP contribution in [0.4, 0.5) is 0 Å². The molecule has 2 aromatic rings. The molecular weight excluding hydrogens is 318 g/mol. The normalized spacial score (nSPS) is 12.2. The molecule has 1 aromatic heterocycles. The van der Waals surface area contributed by atoms with E-state index in [4.69, 9.17) is 4.74 Å². The Kier molecular flexibility index (Phi) is 5.75. The molecule has 132 valence electrons. The minimum absolute atomic E-state index is 0.0529. The number of amides is 2. The number of nitrogens with one attached hydrogen (secondary N) is 2. The number of ether oxygens (including phenoxy) is 1. The van der Waals surface area contributed by atoms with Crippen molar-refractivity contribution in [2.24, 2.45) is 0 Å². The first-order valence-corrected chi connectivity index (χ1v) is 8.06. The van der Waals surface area contributed by atoms with E-state index in [1.807, 2.05) is 24.3 Å². The van der Waals surface area contributed by atoms with Crippen molar-refractivity contribution in [1.82, 2.24) is 15.8 Å². The maximum atomic E-state index is 12.0. The summed E-state index contributed by atoms with van der Waals surface area (Å²) in [6.07, 6.45) is 0.744. The molecule has 0 saturated heterocycles. The van der Waals surface area contributed by atoms with Crippen molar-refractivity contribution in [3.63, 3.8) is 0 Å². The highest BCUT2D eigenvalue weighted by atomic mass is 16.5. The maximum absolute atomic E-state index is 12.0. The van der Waals surface area contributed by atoms with Crippen molar-refractivity contribution in [2.45, 2.75) is 39.2 Å². The molecule has 0 bridgehead atoms. The number of benzene rings is 1. The molecule has 25 heavy (non-hydrogen) atoms. The van der Waals surface area contributed by atoms with Gasteiger partial charge in [-0.3, -0.25) is 25.4 Å². The lowest BCUT2D eigenvalue weighted by Crippen LogP contribution is -2.47. The molecule has 6 heteroatoms. The standard InChI is InChI=1S/C19H23N3O3/c1-13(25-15-10-8-14(9-11-15)19(2,3)4)17(23)21-22-18(24)16-7-5-6-12-20-16/h5-13H,1-4H3,(H,21,23)(H,22,24)/t13-/m1/s1. The lowest BCUT2D eigenvalue weighted by atomic mass is 9.87. The molecule has 2 amide bonds. The summed E-state index contributed by atoms with van der Waals surface area (Å²) in [7, 11) is 0. The van der Waals surface area contributed by atoms with Crippen LogP contribution in [0.5, 0.6) is 5.75 Å². The summed E-state index contributed by atoms with van der Waals surface area (Å²) in [6, 6.07) is 12.6. The SMILES string of the molecule is C[C@@H](Oc1ccc(C(C)(C)C)cc1)C(=O)NNC(=O)c1ccccn1. The van der Waals surface area contributed by atoms with E-state index in [1.165, 1.54) is 11.8 Å². The molecule has 0 aliphatic rings. The summed E-state index contributed by atoms with van der Waals surface area (Å²) in [5, 5.41) is 0. The lowest BCUT2D eigenvalue weighted by molar-refractivity contribution is -0.128. The number of pyridine rings is 1. The molecule has 0 spiro atoms. The highest BCUT2D eigenvalue weighted by molar-refractivity contribution is 5.94. The van der Waals surface area contributed by atoms with E-state index in [9.17, 15) is 9.59 Å². The fourth-order valence-corrected chi connectivity index (χ4v) is 2.07. The van der Waals surface area contributed by atoms with E-state index >= 15 is 0 Å². The van der Waals surface area contributed by atoms with E-state index in [-0.39, 0.29) is 11.1 Å². The number of carbonyl (C=O) groups is 2. The van der Waals surface area contributed by atoms with Gasteiger partial charge in [0, 0.05) is 6.20 Å². The van der Waals surface area contributed by atoms with Crippen LogP contribution >= 0.6 is 0 Å². The van der Waals surface area contributed by atoms with Crippen molar-refractivity contribution in [3.05, 3.63) is 59.9 Å². The molecule has 1 aromatic carbocycles. The Labute approximate surface area is 147 Å². The molecule has 0 saturated carbocycles. The van der Waals surface area contributed by atoms with E-state index in [2.05, 4.69) is 36.6 Å². The van der Waals surface area contributed by atoms with Crippen LogP contribution in [0, 0.1) is 0 Å². The third kappa shape index (κ3) is 5.31. The van der Waals surface area contributed by atoms with Gasteiger partial charge in [-0.05, 0) is 42.2 Å². The smallest absolute Gasteiger partial charge is 0.288 e. The van der Waals surface area contributed by atoms with Gasteiger partial charge in [0.2, 0.25) is 0 Å². The number of aromatic nitrogens is 1. The Bertz CT molecular complexity index is 722. The van der Waals surface area contributed by atoms with Crippen molar-refractivity contribution in [1.29, 1.82) is 0 Å². The maximum Gasteiger partial charge on any atom is 0.288 e. The average Bonchev–Trinajstić information content (AvgIpc) is 2.59. The molecule has 2 rings (SSSR count). The summed E-state index contributed by atoms with van der Waals surface area (Å²) in [5.74, 6) is -0.355. The van der Waals surface area contributed by atoms with Crippen molar-refractivity contribution in [2.75, 3.05) is 0 Å². The first-order valence-electron chi connectivity index (χ1n) is 8.06. The van der Waals surface area contributed by atoms with Crippen LogP contribution in [-0.2, 0) is 10.2 Å². The van der Waals surface area contributed by atoms with Crippen LogP contribution < -0.4 is 15.6 Å². The minimum atomic E-state index is -0.760. The largest absolute Gasteiger partial charge is 0.481 e. The summed E-state index contributed by atoms with van der Waals surface area (Å²) < 4.78 is 5.60. The molecule has 0 fully saturated rings. The van der Waals surface area contributed by atoms with Crippen LogP contribution in [0.2, 0.25) is 0 Å². The fourth-order valence-electron chi connectivity index (χ4n) is 2.07. The van der Waals surface area contributed by atoms with Crippen LogP contribution in [-0.4, -0.2) is 22.9 Å². The van der Waals surface area contributed by atoms with Gasteiger partial charge in [0.05, 0.1) is 0 Å². The van der Waals surface area contributed by atoms with Crippen molar-refractivity contribution >= 4 is 11.8 Å². The fraction of sp³-hybridized carbons (Fsp3) is 0.316. The first kappa shape index (κ1) is 18.4. The van der Waals surface area contributed by atoms with Crippen LogP contribution in [0.25, 0.3) is 0 Å². The van der Waals surface area contributed by atoms with Gasteiger partial charge in [0.1, 0.15) is 11.4 Å². The Morgan fingerprint density at radius 2 is 1.72 bits per heavy atom. The molecule has 0 aliphatic heterocycles. The van der Waals surface area contributed by atoms with Gasteiger partial charge in [-0.25, -0.2) is 0 Å². The number of rotatable bonds is 4. The first-order chi connectivity index (χ1) is 11.8. The third-order valence-electron chi connectivity index (χ3n) is 3.60. The van der Waals surface area contributed by atoms with Gasteiger partial charge >= 0.3 is 0 Å². The molecule has 1 atom stereocenters. The Balaban J connectivity index is 1.87. The van der Waals surface area contributed by atoms with Crippen LogP contribution in [0.3, 0.4) is 0 Å². The number of nitrogens with zero attached hydrogens (tertiary/aromatic N) is 1.